The summed E-state index contributed by atoms with van der Waals surface area (Å²) in [5.41, 5.74) is 1.76. The number of halogens is 1. The molecule has 0 fully saturated rings. The van der Waals surface area contributed by atoms with Crippen LogP contribution in [0.4, 0.5) is 4.39 Å². The van der Waals surface area contributed by atoms with Crippen LogP contribution in [0.25, 0.3) is 0 Å². The van der Waals surface area contributed by atoms with Crippen LogP contribution in [-0.2, 0) is 6.54 Å². The molecule has 0 radical (unpaired) electrons. The van der Waals surface area contributed by atoms with Gasteiger partial charge in [0.25, 0.3) is 5.91 Å². The number of benzene rings is 1. The Morgan fingerprint density at radius 1 is 1.33 bits per heavy atom. The number of aryl methyl sites for hydroxylation is 2. The highest BCUT2D eigenvalue weighted by molar-refractivity contribution is 5.96. The van der Waals surface area contributed by atoms with Crippen molar-refractivity contribution in [3.63, 3.8) is 0 Å². The van der Waals surface area contributed by atoms with E-state index in [9.17, 15) is 9.18 Å². The number of hydrogen-bond acceptors (Lipinski definition) is 2. The van der Waals surface area contributed by atoms with Crippen LogP contribution in [0.15, 0.2) is 34.9 Å². The van der Waals surface area contributed by atoms with Crippen molar-refractivity contribution in [3.8, 4) is 0 Å². The zero-order valence-corrected chi connectivity index (χ0v) is 10.3. The lowest BCUT2D eigenvalue weighted by atomic mass is 10.1. The van der Waals surface area contributed by atoms with Crippen LogP contribution >= 0.6 is 0 Å². The van der Waals surface area contributed by atoms with E-state index in [0.29, 0.717) is 16.9 Å². The number of hydrogen-bond donors (Lipinski definition) is 1. The maximum Gasteiger partial charge on any atom is 0.255 e. The second-order valence-electron chi connectivity index (χ2n) is 4.12. The van der Waals surface area contributed by atoms with E-state index in [-0.39, 0.29) is 18.3 Å². The summed E-state index contributed by atoms with van der Waals surface area (Å²) >= 11 is 0. The predicted octanol–water partition coefficient (Wildman–Crippen LogP) is 2.97. The summed E-state index contributed by atoms with van der Waals surface area (Å²) in [6, 6.07) is 6.37. The third kappa shape index (κ3) is 2.42. The van der Waals surface area contributed by atoms with Crippen LogP contribution in [-0.4, -0.2) is 5.91 Å². The van der Waals surface area contributed by atoms with Crippen LogP contribution in [0.5, 0.6) is 0 Å². The van der Waals surface area contributed by atoms with Gasteiger partial charge in [-0.15, -0.1) is 0 Å². The zero-order chi connectivity index (χ0) is 13.1. The van der Waals surface area contributed by atoms with E-state index in [0.717, 1.165) is 5.56 Å². The van der Waals surface area contributed by atoms with Crippen molar-refractivity contribution in [2.45, 2.75) is 20.4 Å². The van der Waals surface area contributed by atoms with Crippen LogP contribution in [0.2, 0.25) is 0 Å². The normalized spacial score (nSPS) is 10.4. The second-order valence-corrected chi connectivity index (χ2v) is 4.12. The highest BCUT2D eigenvalue weighted by atomic mass is 19.1. The van der Waals surface area contributed by atoms with Gasteiger partial charge >= 0.3 is 0 Å². The summed E-state index contributed by atoms with van der Waals surface area (Å²) in [7, 11) is 0. The molecule has 0 aliphatic rings. The van der Waals surface area contributed by atoms with E-state index >= 15 is 0 Å². The molecule has 0 aliphatic heterocycles. The molecule has 1 heterocycles. The van der Waals surface area contributed by atoms with Gasteiger partial charge in [-0.05, 0) is 19.9 Å². The predicted molar refractivity (Wildman–Crippen MR) is 65.8 cm³/mol. The van der Waals surface area contributed by atoms with Crippen molar-refractivity contribution in [3.05, 3.63) is 58.8 Å². The van der Waals surface area contributed by atoms with E-state index < -0.39 is 0 Å². The molecule has 1 N–H and O–H groups in total. The molecule has 0 atom stereocenters. The van der Waals surface area contributed by atoms with E-state index in [1.165, 1.54) is 12.3 Å². The third-order valence-electron chi connectivity index (χ3n) is 2.78. The molecule has 0 saturated heterocycles. The fourth-order valence-electron chi connectivity index (χ4n) is 1.82. The van der Waals surface area contributed by atoms with Gasteiger partial charge in [0.05, 0.1) is 11.8 Å². The van der Waals surface area contributed by atoms with Gasteiger partial charge in [0.2, 0.25) is 0 Å². The molecule has 0 bridgehead atoms. The lowest BCUT2D eigenvalue weighted by Crippen LogP contribution is -2.24. The first-order valence-electron chi connectivity index (χ1n) is 5.66. The third-order valence-corrected chi connectivity index (χ3v) is 2.78. The molecule has 4 heteroatoms. The number of amides is 1. The summed E-state index contributed by atoms with van der Waals surface area (Å²) in [5.74, 6) is -0.000950. The number of rotatable bonds is 3. The fraction of sp³-hybridized carbons (Fsp3) is 0.214. The first kappa shape index (κ1) is 12.4. The smallest absolute Gasteiger partial charge is 0.255 e. The van der Waals surface area contributed by atoms with Gasteiger partial charge in [-0.3, -0.25) is 4.79 Å². The summed E-state index contributed by atoms with van der Waals surface area (Å²) in [6.45, 7) is 3.69. The second kappa shape index (κ2) is 5.04. The van der Waals surface area contributed by atoms with E-state index in [1.54, 1.807) is 32.0 Å². The van der Waals surface area contributed by atoms with E-state index in [2.05, 4.69) is 5.32 Å². The quantitative estimate of drug-likeness (QED) is 0.906. The number of carbonyl (C=O) groups is 1. The van der Waals surface area contributed by atoms with Crippen molar-refractivity contribution in [1.29, 1.82) is 0 Å². The Labute approximate surface area is 105 Å². The molecule has 0 spiro atoms. The molecule has 0 unspecified atom stereocenters. The van der Waals surface area contributed by atoms with Crippen molar-refractivity contribution in [2.24, 2.45) is 0 Å². The topological polar surface area (TPSA) is 42.2 Å². The average molecular weight is 247 g/mol. The lowest BCUT2D eigenvalue weighted by molar-refractivity contribution is 0.0948. The summed E-state index contributed by atoms with van der Waals surface area (Å²) in [6.07, 6.45) is 1.54. The zero-order valence-electron chi connectivity index (χ0n) is 10.3. The molecule has 94 valence electrons. The molecule has 2 rings (SSSR count). The summed E-state index contributed by atoms with van der Waals surface area (Å²) in [5, 5.41) is 2.68. The first-order chi connectivity index (χ1) is 8.59. The minimum absolute atomic E-state index is 0.162. The number of carbonyl (C=O) groups excluding carboxylic acids is 1. The number of nitrogens with one attached hydrogen (secondary N) is 1. The van der Waals surface area contributed by atoms with E-state index in [1.807, 2.05) is 0 Å². The van der Waals surface area contributed by atoms with Crippen LogP contribution < -0.4 is 5.32 Å². The van der Waals surface area contributed by atoms with Crippen molar-refractivity contribution in [2.75, 3.05) is 0 Å². The monoisotopic (exact) mass is 247 g/mol. The van der Waals surface area contributed by atoms with Crippen LogP contribution in [0.3, 0.4) is 0 Å². The van der Waals surface area contributed by atoms with Crippen molar-refractivity contribution in [1.82, 2.24) is 5.32 Å². The Bertz CT molecular complexity index is 555. The molecule has 1 amide bonds. The molecule has 1 aromatic carbocycles. The maximum atomic E-state index is 13.4. The molecule has 0 saturated carbocycles. The highest BCUT2D eigenvalue weighted by Crippen LogP contribution is 2.15. The van der Waals surface area contributed by atoms with Gasteiger partial charge in [-0.2, -0.15) is 0 Å². The SMILES string of the molecule is Cc1coc(C)c1C(=O)NCc1ccccc1F. The summed E-state index contributed by atoms with van der Waals surface area (Å²) in [4.78, 5) is 11.9. The van der Waals surface area contributed by atoms with Crippen LogP contribution in [0, 0.1) is 19.7 Å². The van der Waals surface area contributed by atoms with Gasteiger partial charge < -0.3 is 9.73 Å². The first-order valence-corrected chi connectivity index (χ1v) is 5.66. The molecule has 3 nitrogen and oxygen atoms in total. The van der Waals surface area contributed by atoms with Gasteiger partial charge in [-0.25, -0.2) is 4.39 Å². The molecule has 1 aromatic heterocycles. The minimum Gasteiger partial charge on any atom is -0.469 e. The molecule has 18 heavy (non-hydrogen) atoms. The summed E-state index contributed by atoms with van der Waals surface area (Å²) < 4.78 is 18.5. The van der Waals surface area contributed by atoms with Crippen LogP contribution in [0.1, 0.15) is 27.2 Å². The van der Waals surface area contributed by atoms with Crippen molar-refractivity contribution < 1.29 is 13.6 Å². The Hall–Kier alpha value is -2.10. The van der Waals surface area contributed by atoms with Gasteiger partial charge in [0.15, 0.2) is 0 Å². The van der Waals surface area contributed by atoms with Gasteiger partial charge in [-0.1, -0.05) is 18.2 Å². The molecular formula is C14H14FNO2. The molecular weight excluding hydrogens is 233 g/mol. The van der Waals surface area contributed by atoms with Crippen molar-refractivity contribution >= 4 is 5.91 Å². The number of furan rings is 1. The Balaban J connectivity index is 2.08. The Kier molecular flexibility index (Phi) is 3.46. The standard InChI is InChI=1S/C14H14FNO2/c1-9-8-18-10(2)13(9)14(17)16-7-11-5-3-4-6-12(11)15/h3-6,8H,7H2,1-2H3,(H,16,17). The highest BCUT2D eigenvalue weighted by Gasteiger charge is 2.15. The minimum atomic E-state index is -0.321. The lowest BCUT2D eigenvalue weighted by Gasteiger charge is -2.06. The fourth-order valence-corrected chi connectivity index (χ4v) is 1.82. The van der Waals surface area contributed by atoms with E-state index in [4.69, 9.17) is 4.42 Å². The Morgan fingerprint density at radius 3 is 2.67 bits per heavy atom. The molecule has 2 aromatic rings. The largest absolute Gasteiger partial charge is 0.469 e. The maximum absolute atomic E-state index is 13.4. The van der Waals surface area contributed by atoms with Gasteiger partial charge in [0.1, 0.15) is 11.6 Å². The molecule has 0 aliphatic carbocycles. The van der Waals surface area contributed by atoms with Gasteiger partial charge in [0, 0.05) is 17.7 Å². The Morgan fingerprint density at radius 2 is 2.06 bits per heavy atom. The average Bonchev–Trinajstić information content (AvgIpc) is 2.68.